The second-order valence-corrected chi connectivity index (χ2v) is 6.25. The Hall–Kier alpha value is -4.00. The minimum absolute atomic E-state index is 0.156. The minimum Gasteiger partial charge on any atom is -0.306 e. The minimum atomic E-state index is -0.650. The van der Waals surface area contributed by atoms with Gasteiger partial charge >= 0.3 is 0 Å². The smallest absolute Gasteiger partial charge is 0.261 e. The summed E-state index contributed by atoms with van der Waals surface area (Å²) in [5, 5.41) is 0.306. The van der Waals surface area contributed by atoms with Gasteiger partial charge in [-0.15, -0.1) is 0 Å². The van der Waals surface area contributed by atoms with Crippen LogP contribution >= 0.6 is 0 Å². The maximum Gasteiger partial charge on any atom is 0.261 e. The first-order chi connectivity index (χ1) is 14.0. The number of halogens is 2. The number of hydrogen-bond acceptors (Lipinski definition) is 4. The Morgan fingerprint density at radius 2 is 1.76 bits per heavy atom. The van der Waals surface area contributed by atoms with Crippen LogP contribution in [-0.4, -0.2) is 20.7 Å². The number of nitrogens with one attached hydrogen (secondary N) is 1. The van der Waals surface area contributed by atoms with Crippen molar-refractivity contribution in [3.05, 3.63) is 100 Å². The molecule has 0 atom stereocenters. The van der Waals surface area contributed by atoms with E-state index in [-0.39, 0.29) is 16.8 Å². The molecule has 0 aliphatic rings. The third-order valence-electron chi connectivity index (χ3n) is 4.29. The molecule has 4 aromatic rings. The SMILES string of the molecule is O=C(/C=C/c1cncc(F)c1)c1c(-c2ccccc2)c2cc(F)cnc2[nH]c1=O. The summed E-state index contributed by atoms with van der Waals surface area (Å²) in [6.07, 6.45) is 5.94. The van der Waals surface area contributed by atoms with E-state index in [1.165, 1.54) is 24.4 Å². The molecule has 0 aliphatic heterocycles. The van der Waals surface area contributed by atoms with Crippen molar-refractivity contribution in [2.24, 2.45) is 0 Å². The standard InChI is InChI=1S/C22H13F2N3O2/c23-15-8-13(10-25-11-15)6-7-18(28)20-19(14-4-2-1-3-5-14)17-9-16(24)12-26-21(17)27-22(20)29/h1-12H,(H,26,27,29)/b7-6+. The Balaban J connectivity index is 1.92. The monoisotopic (exact) mass is 389 g/mol. The molecule has 0 aliphatic carbocycles. The number of H-pyrrole nitrogens is 1. The van der Waals surface area contributed by atoms with Crippen molar-refractivity contribution in [3.8, 4) is 11.1 Å². The largest absolute Gasteiger partial charge is 0.306 e. The van der Waals surface area contributed by atoms with E-state index < -0.39 is 23.0 Å². The fourth-order valence-corrected chi connectivity index (χ4v) is 3.06. The topological polar surface area (TPSA) is 75.7 Å². The van der Waals surface area contributed by atoms with Crippen molar-refractivity contribution in [3.63, 3.8) is 0 Å². The molecule has 0 fully saturated rings. The van der Waals surface area contributed by atoms with Gasteiger partial charge in [-0.1, -0.05) is 30.3 Å². The Bertz CT molecular complexity index is 1310. The number of pyridine rings is 3. The molecule has 7 heteroatoms. The maximum atomic E-state index is 13.9. The first kappa shape index (κ1) is 18.4. The van der Waals surface area contributed by atoms with Gasteiger partial charge in [0, 0.05) is 17.1 Å². The molecule has 3 aromatic heterocycles. The van der Waals surface area contributed by atoms with Gasteiger partial charge in [-0.2, -0.15) is 0 Å². The van der Waals surface area contributed by atoms with E-state index in [0.29, 0.717) is 16.5 Å². The van der Waals surface area contributed by atoms with Crippen LogP contribution in [0.1, 0.15) is 15.9 Å². The normalized spacial score (nSPS) is 11.2. The number of rotatable bonds is 4. The summed E-state index contributed by atoms with van der Waals surface area (Å²) in [5.41, 5.74) is 0.581. The van der Waals surface area contributed by atoms with Crippen LogP contribution in [0.4, 0.5) is 8.78 Å². The average Bonchev–Trinajstić information content (AvgIpc) is 2.72. The Labute approximate surface area is 163 Å². The molecule has 5 nitrogen and oxygen atoms in total. The van der Waals surface area contributed by atoms with Gasteiger partial charge in [-0.3, -0.25) is 14.6 Å². The van der Waals surface area contributed by atoms with Crippen molar-refractivity contribution in [2.45, 2.75) is 0 Å². The molecular formula is C22H13F2N3O2. The second-order valence-electron chi connectivity index (χ2n) is 6.25. The number of allylic oxidation sites excluding steroid dienone is 1. The van der Waals surface area contributed by atoms with Gasteiger partial charge in [0.2, 0.25) is 0 Å². The molecular weight excluding hydrogens is 376 g/mol. The lowest BCUT2D eigenvalue weighted by Crippen LogP contribution is -2.19. The molecule has 1 aromatic carbocycles. The number of benzene rings is 1. The zero-order valence-electron chi connectivity index (χ0n) is 14.9. The van der Waals surface area contributed by atoms with E-state index in [4.69, 9.17) is 0 Å². The van der Waals surface area contributed by atoms with E-state index >= 15 is 0 Å². The van der Waals surface area contributed by atoms with Crippen molar-refractivity contribution >= 4 is 22.9 Å². The molecule has 4 rings (SSSR count). The van der Waals surface area contributed by atoms with E-state index in [1.54, 1.807) is 30.3 Å². The molecule has 0 bridgehead atoms. The number of hydrogen-bond donors (Lipinski definition) is 1. The van der Waals surface area contributed by atoms with Gasteiger partial charge < -0.3 is 4.98 Å². The van der Waals surface area contributed by atoms with Gasteiger partial charge in [-0.05, 0) is 35.4 Å². The molecule has 142 valence electrons. The third-order valence-corrected chi connectivity index (χ3v) is 4.29. The number of ketones is 1. The van der Waals surface area contributed by atoms with E-state index in [1.807, 2.05) is 0 Å². The number of carbonyl (C=O) groups is 1. The lowest BCUT2D eigenvalue weighted by molar-refractivity contribution is 0.104. The fourth-order valence-electron chi connectivity index (χ4n) is 3.06. The quantitative estimate of drug-likeness (QED) is 0.420. The third kappa shape index (κ3) is 3.70. The predicted molar refractivity (Wildman–Crippen MR) is 105 cm³/mol. The maximum absolute atomic E-state index is 13.9. The van der Waals surface area contributed by atoms with Crippen molar-refractivity contribution in [2.75, 3.05) is 0 Å². The van der Waals surface area contributed by atoms with Crippen LogP contribution in [0.5, 0.6) is 0 Å². The number of fused-ring (bicyclic) bond motifs is 1. The van der Waals surface area contributed by atoms with Crippen LogP contribution in [0.15, 0.2) is 71.9 Å². The molecule has 0 saturated heterocycles. The van der Waals surface area contributed by atoms with E-state index in [2.05, 4.69) is 15.0 Å². The van der Waals surface area contributed by atoms with Crippen molar-refractivity contribution < 1.29 is 13.6 Å². The van der Waals surface area contributed by atoms with Gasteiger partial charge in [0.25, 0.3) is 5.56 Å². The van der Waals surface area contributed by atoms with Gasteiger partial charge in [0.1, 0.15) is 17.3 Å². The van der Waals surface area contributed by atoms with Crippen LogP contribution in [0.2, 0.25) is 0 Å². The van der Waals surface area contributed by atoms with Crippen molar-refractivity contribution in [1.29, 1.82) is 0 Å². The lowest BCUT2D eigenvalue weighted by Gasteiger charge is -2.11. The highest BCUT2D eigenvalue weighted by Crippen LogP contribution is 2.29. The van der Waals surface area contributed by atoms with Crippen molar-refractivity contribution in [1.82, 2.24) is 15.0 Å². The Morgan fingerprint density at radius 3 is 2.52 bits per heavy atom. The summed E-state index contributed by atoms with van der Waals surface area (Å²) >= 11 is 0. The second kappa shape index (κ2) is 7.55. The summed E-state index contributed by atoms with van der Waals surface area (Å²) in [6.45, 7) is 0. The average molecular weight is 389 g/mol. The summed E-state index contributed by atoms with van der Waals surface area (Å²) in [7, 11) is 0. The van der Waals surface area contributed by atoms with Crippen LogP contribution in [0, 0.1) is 11.6 Å². The lowest BCUT2D eigenvalue weighted by atomic mass is 9.95. The fraction of sp³-hybridized carbons (Fsp3) is 0. The van der Waals surface area contributed by atoms with Gasteiger partial charge in [-0.25, -0.2) is 13.8 Å². The molecule has 29 heavy (non-hydrogen) atoms. The molecule has 0 amide bonds. The van der Waals surface area contributed by atoms with E-state index in [0.717, 1.165) is 18.5 Å². The molecule has 0 saturated carbocycles. The number of aromatic nitrogens is 3. The van der Waals surface area contributed by atoms with Crippen LogP contribution in [0.3, 0.4) is 0 Å². The molecule has 0 spiro atoms. The van der Waals surface area contributed by atoms with Crippen LogP contribution in [0.25, 0.3) is 28.2 Å². The zero-order chi connectivity index (χ0) is 20.4. The molecule has 0 unspecified atom stereocenters. The summed E-state index contributed by atoms with van der Waals surface area (Å²) < 4.78 is 27.2. The summed E-state index contributed by atoms with van der Waals surface area (Å²) in [6, 6.07) is 11.1. The summed E-state index contributed by atoms with van der Waals surface area (Å²) in [5.74, 6) is -1.75. The molecule has 3 heterocycles. The summed E-state index contributed by atoms with van der Waals surface area (Å²) in [4.78, 5) is 35.8. The van der Waals surface area contributed by atoms with Gasteiger partial charge in [0.15, 0.2) is 5.78 Å². The number of aromatic amines is 1. The first-order valence-electron chi connectivity index (χ1n) is 8.63. The van der Waals surface area contributed by atoms with Crippen LogP contribution < -0.4 is 5.56 Å². The molecule has 0 radical (unpaired) electrons. The first-order valence-corrected chi connectivity index (χ1v) is 8.63. The van der Waals surface area contributed by atoms with E-state index in [9.17, 15) is 18.4 Å². The van der Waals surface area contributed by atoms with Gasteiger partial charge in [0.05, 0.1) is 18.0 Å². The Kier molecular flexibility index (Phi) is 4.78. The van der Waals surface area contributed by atoms with Crippen LogP contribution in [-0.2, 0) is 0 Å². The Morgan fingerprint density at radius 1 is 1.00 bits per heavy atom. The number of carbonyl (C=O) groups excluding carboxylic acids is 1. The molecule has 1 N–H and O–H groups in total. The highest BCUT2D eigenvalue weighted by atomic mass is 19.1. The highest BCUT2D eigenvalue weighted by molar-refractivity contribution is 6.14. The highest BCUT2D eigenvalue weighted by Gasteiger charge is 2.20. The number of nitrogens with zero attached hydrogens (tertiary/aromatic N) is 2. The zero-order valence-corrected chi connectivity index (χ0v) is 14.9. The predicted octanol–water partition coefficient (Wildman–Crippen LogP) is 4.16.